The number of nitrogens with zero attached hydrogens (tertiary/aromatic N) is 3. The molecule has 0 radical (unpaired) electrons. The quantitative estimate of drug-likeness (QED) is 0.336. The number of anilines is 3. The van der Waals surface area contributed by atoms with E-state index in [4.69, 9.17) is 21.1 Å². The van der Waals surface area contributed by atoms with Crippen LogP contribution in [0, 0.1) is 5.82 Å². The number of aliphatic hydroxyl groups excluding tert-OH is 1. The minimum atomic E-state index is -0.315. The van der Waals surface area contributed by atoms with E-state index in [0.29, 0.717) is 40.5 Å². The lowest BCUT2D eigenvalue weighted by Crippen LogP contribution is -2.12. The highest BCUT2D eigenvalue weighted by Crippen LogP contribution is 2.31. The average molecular weight is 494 g/mol. The summed E-state index contributed by atoms with van der Waals surface area (Å²) in [5, 5.41) is 16.8. The van der Waals surface area contributed by atoms with Crippen LogP contribution in [0.25, 0.3) is 10.9 Å². The molecule has 3 N–H and O–H groups in total. The molecular formula is C25H21ClFN5O3. The van der Waals surface area contributed by atoms with Crippen LogP contribution >= 0.6 is 11.6 Å². The maximum atomic E-state index is 13.4. The third kappa shape index (κ3) is 5.42. The van der Waals surface area contributed by atoms with E-state index >= 15 is 0 Å². The predicted molar refractivity (Wildman–Crippen MR) is 133 cm³/mol. The van der Waals surface area contributed by atoms with Gasteiger partial charge >= 0.3 is 0 Å². The van der Waals surface area contributed by atoms with Crippen LogP contribution in [0.3, 0.4) is 0 Å². The average Bonchev–Trinajstić information content (AvgIpc) is 3.31. The molecule has 0 bridgehead atoms. The standard InChI is InChI=1S/C25H21ClFN5O3/c26-21-10-18(5-7-23(21)34-12-15-2-1-3-16(27)8-15)30-24-20-9-17(4-6-22(20)28-14-29-24)31-25-32-19(11-33)13-35-25/h1-10,14,19,33H,11-13H2,(H,31,32)(H,28,29,30)/t19-/m1/s1. The Balaban J connectivity index is 1.32. The fourth-order valence-corrected chi connectivity index (χ4v) is 3.79. The number of aromatic nitrogens is 2. The molecule has 8 nitrogen and oxygen atoms in total. The Bertz CT molecular complexity index is 1400. The zero-order chi connectivity index (χ0) is 24.2. The fourth-order valence-electron chi connectivity index (χ4n) is 3.56. The van der Waals surface area contributed by atoms with Gasteiger partial charge in [0, 0.05) is 16.8 Å². The second kappa shape index (κ2) is 10.1. The van der Waals surface area contributed by atoms with Gasteiger partial charge in [-0.3, -0.25) is 0 Å². The molecule has 0 unspecified atom stereocenters. The maximum Gasteiger partial charge on any atom is 0.289 e. The van der Waals surface area contributed by atoms with Gasteiger partial charge in [0.25, 0.3) is 6.02 Å². The summed E-state index contributed by atoms with van der Waals surface area (Å²) in [6.45, 7) is 0.470. The van der Waals surface area contributed by atoms with Gasteiger partial charge in [-0.1, -0.05) is 23.7 Å². The third-order valence-electron chi connectivity index (χ3n) is 5.29. The smallest absolute Gasteiger partial charge is 0.289 e. The van der Waals surface area contributed by atoms with Crippen molar-refractivity contribution in [3.63, 3.8) is 0 Å². The van der Waals surface area contributed by atoms with Crippen molar-refractivity contribution < 1.29 is 19.0 Å². The molecule has 0 aliphatic carbocycles. The van der Waals surface area contributed by atoms with Gasteiger partial charge < -0.3 is 25.2 Å². The first kappa shape index (κ1) is 22.8. The maximum absolute atomic E-state index is 13.4. The van der Waals surface area contributed by atoms with E-state index in [0.717, 1.165) is 16.6 Å². The van der Waals surface area contributed by atoms with Crippen LogP contribution in [-0.4, -0.2) is 40.4 Å². The molecule has 178 valence electrons. The molecule has 35 heavy (non-hydrogen) atoms. The van der Waals surface area contributed by atoms with Crippen LogP contribution in [0.2, 0.25) is 5.02 Å². The van der Waals surface area contributed by atoms with Crippen LogP contribution < -0.4 is 15.4 Å². The summed E-state index contributed by atoms with van der Waals surface area (Å²) in [4.78, 5) is 13.0. The van der Waals surface area contributed by atoms with Crippen molar-refractivity contribution in [3.05, 3.63) is 83.4 Å². The van der Waals surface area contributed by atoms with Crippen molar-refractivity contribution in [2.75, 3.05) is 23.8 Å². The van der Waals surface area contributed by atoms with Gasteiger partial charge in [0.15, 0.2) is 0 Å². The number of fused-ring (bicyclic) bond motifs is 1. The summed E-state index contributed by atoms with van der Waals surface area (Å²) in [5.41, 5.74) is 2.91. The molecule has 2 heterocycles. The second-order valence-corrected chi connectivity index (χ2v) is 8.26. The molecule has 0 fully saturated rings. The van der Waals surface area contributed by atoms with Crippen molar-refractivity contribution in [2.24, 2.45) is 4.99 Å². The number of rotatable bonds is 7. The second-order valence-electron chi connectivity index (χ2n) is 7.85. The Morgan fingerprint density at radius 1 is 1.06 bits per heavy atom. The molecule has 10 heteroatoms. The van der Waals surface area contributed by atoms with Crippen LogP contribution in [0.1, 0.15) is 5.56 Å². The van der Waals surface area contributed by atoms with Gasteiger partial charge in [0.1, 0.15) is 43.0 Å². The van der Waals surface area contributed by atoms with Gasteiger partial charge in [0.2, 0.25) is 0 Å². The van der Waals surface area contributed by atoms with Crippen LogP contribution in [0.5, 0.6) is 5.75 Å². The van der Waals surface area contributed by atoms with Crippen LogP contribution in [0.15, 0.2) is 72.0 Å². The van der Waals surface area contributed by atoms with Crippen LogP contribution in [-0.2, 0) is 11.3 Å². The summed E-state index contributed by atoms with van der Waals surface area (Å²) < 4.78 is 24.6. The number of amidine groups is 1. The van der Waals surface area contributed by atoms with Gasteiger partial charge in [0.05, 0.1) is 17.1 Å². The summed E-state index contributed by atoms with van der Waals surface area (Å²) in [5.74, 6) is 0.759. The van der Waals surface area contributed by atoms with E-state index in [9.17, 15) is 9.50 Å². The Kier molecular flexibility index (Phi) is 6.60. The molecule has 0 amide bonds. The van der Waals surface area contributed by atoms with E-state index in [2.05, 4.69) is 25.6 Å². The third-order valence-corrected chi connectivity index (χ3v) is 5.58. The minimum Gasteiger partial charge on any atom is -0.487 e. The normalized spacial score (nSPS) is 14.9. The zero-order valence-electron chi connectivity index (χ0n) is 18.4. The highest BCUT2D eigenvalue weighted by Gasteiger charge is 2.18. The molecule has 1 aromatic heterocycles. The van der Waals surface area contributed by atoms with E-state index in [-0.39, 0.29) is 25.1 Å². The lowest BCUT2D eigenvalue weighted by Gasteiger charge is -2.13. The van der Waals surface area contributed by atoms with Crippen molar-refractivity contribution >= 4 is 45.7 Å². The molecule has 1 aliphatic heterocycles. The Labute approximate surface area is 205 Å². The lowest BCUT2D eigenvalue weighted by molar-refractivity contribution is 0.227. The van der Waals surface area contributed by atoms with Gasteiger partial charge in [-0.15, -0.1) is 0 Å². The lowest BCUT2D eigenvalue weighted by atomic mass is 10.2. The van der Waals surface area contributed by atoms with Gasteiger partial charge in [-0.25, -0.2) is 19.4 Å². The van der Waals surface area contributed by atoms with Gasteiger partial charge in [-0.2, -0.15) is 0 Å². The monoisotopic (exact) mass is 493 g/mol. The SMILES string of the molecule is OC[C@@H]1COC(Nc2ccc3ncnc(Nc4ccc(OCc5cccc(F)c5)c(Cl)c4)c3c2)=N1. The molecule has 3 aromatic carbocycles. The Morgan fingerprint density at radius 2 is 1.91 bits per heavy atom. The number of halogens is 2. The largest absolute Gasteiger partial charge is 0.487 e. The zero-order valence-corrected chi connectivity index (χ0v) is 19.2. The molecular weight excluding hydrogens is 473 g/mol. The Morgan fingerprint density at radius 3 is 2.71 bits per heavy atom. The molecule has 0 saturated heterocycles. The number of aliphatic hydroxyl groups is 1. The van der Waals surface area contributed by atoms with Crippen molar-refractivity contribution in [1.29, 1.82) is 0 Å². The van der Waals surface area contributed by atoms with Crippen molar-refractivity contribution in [3.8, 4) is 5.75 Å². The predicted octanol–water partition coefficient (Wildman–Crippen LogP) is 4.90. The topological polar surface area (TPSA) is 101 Å². The number of ether oxygens (including phenoxy) is 2. The Hall–Kier alpha value is -3.95. The number of benzene rings is 3. The summed E-state index contributed by atoms with van der Waals surface area (Å²) in [6, 6.07) is 17.2. The number of aliphatic imine (C=N–C) groups is 1. The van der Waals surface area contributed by atoms with Gasteiger partial charge in [-0.05, 0) is 54.1 Å². The van der Waals surface area contributed by atoms with Crippen molar-refractivity contribution in [1.82, 2.24) is 9.97 Å². The summed E-state index contributed by atoms with van der Waals surface area (Å²) >= 11 is 6.43. The van der Waals surface area contributed by atoms with E-state index < -0.39 is 0 Å². The molecule has 5 rings (SSSR count). The molecule has 1 aliphatic rings. The van der Waals surface area contributed by atoms with E-state index in [1.54, 1.807) is 24.3 Å². The first-order valence-corrected chi connectivity index (χ1v) is 11.2. The molecule has 1 atom stereocenters. The van der Waals surface area contributed by atoms with E-state index in [1.165, 1.54) is 18.5 Å². The minimum absolute atomic E-state index is 0.0675. The number of hydrogen-bond donors (Lipinski definition) is 3. The summed E-state index contributed by atoms with van der Waals surface area (Å²) in [6.07, 6.45) is 1.48. The number of nitrogens with one attached hydrogen (secondary N) is 2. The highest BCUT2D eigenvalue weighted by atomic mass is 35.5. The summed E-state index contributed by atoms with van der Waals surface area (Å²) in [7, 11) is 0. The first-order valence-electron chi connectivity index (χ1n) is 10.8. The van der Waals surface area contributed by atoms with Crippen molar-refractivity contribution in [2.45, 2.75) is 12.6 Å². The first-order chi connectivity index (χ1) is 17.1. The van der Waals surface area contributed by atoms with E-state index in [1.807, 2.05) is 24.3 Å². The number of hydrogen-bond acceptors (Lipinski definition) is 8. The fraction of sp³-hybridized carbons (Fsp3) is 0.160. The van der Waals surface area contributed by atoms with Crippen LogP contribution in [0.4, 0.5) is 21.6 Å². The highest BCUT2D eigenvalue weighted by molar-refractivity contribution is 6.32. The molecule has 0 saturated carbocycles. The molecule has 4 aromatic rings. The molecule has 0 spiro atoms.